The standard InChI is InChI=1S/C19H16Cl2N4O3S/c20-13-3-1-12(2-4-13)19-22-18(28-25-19)10-9-16(26)23-24-17(27)11-29-15-7-5-14(21)6-8-15/h1-8H,9-11H2,(H,23,26)(H,24,27). The van der Waals surface area contributed by atoms with Gasteiger partial charge in [0.05, 0.1) is 5.75 Å². The number of aryl methyl sites for hydroxylation is 1. The molecule has 150 valence electrons. The summed E-state index contributed by atoms with van der Waals surface area (Å²) in [5.74, 6) is 0.234. The number of halogens is 2. The molecule has 2 amide bonds. The average molecular weight is 451 g/mol. The van der Waals surface area contributed by atoms with Gasteiger partial charge in [-0.1, -0.05) is 28.4 Å². The fourth-order valence-corrected chi connectivity index (χ4v) is 3.16. The van der Waals surface area contributed by atoms with Crippen molar-refractivity contribution in [2.45, 2.75) is 17.7 Å². The van der Waals surface area contributed by atoms with Crippen LogP contribution >= 0.6 is 35.0 Å². The Balaban J connectivity index is 1.38. The van der Waals surface area contributed by atoms with Crippen LogP contribution in [0.3, 0.4) is 0 Å². The Bertz CT molecular complexity index is 978. The lowest BCUT2D eigenvalue weighted by Crippen LogP contribution is -2.42. The van der Waals surface area contributed by atoms with E-state index in [-0.39, 0.29) is 30.4 Å². The summed E-state index contributed by atoms with van der Waals surface area (Å²) in [6, 6.07) is 14.2. The molecule has 29 heavy (non-hydrogen) atoms. The minimum absolute atomic E-state index is 0.0901. The molecule has 0 aliphatic carbocycles. The Labute approximate surface area is 181 Å². The third-order valence-corrected chi connectivity index (χ3v) is 5.18. The molecule has 2 N–H and O–H groups in total. The molecule has 0 unspecified atom stereocenters. The van der Waals surface area contributed by atoms with Crippen LogP contribution in [0.2, 0.25) is 10.0 Å². The molecule has 0 spiro atoms. The van der Waals surface area contributed by atoms with Crippen LogP contribution in [-0.2, 0) is 16.0 Å². The Morgan fingerprint density at radius 1 is 0.931 bits per heavy atom. The second-order valence-electron chi connectivity index (χ2n) is 5.86. The van der Waals surface area contributed by atoms with E-state index in [1.54, 1.807) is 36.4 Å². The first-order chi connectivity index (χ1) is 14.0. The molecule has 3 rings (SSSR count). The molecule has 1 aromatic heterocycles. The van der Waals surface area contributed by atoms with Crippen molar-refractivity contribution in [1.82, 2.24) is 21.0 Å². The third kappa shape index (κ3) is 6.77. The minimum Gasteiger partial charge on any atom is -0.339 e. The molecule has 0 radical (unpaired) electrons. The van der Waals surface area contributed by atoms with Crippen molar-refractivity contribution in [2.24, 2.45) is 0 Å². The number of carbonyl (C=O) groups excluding carboxylic acids is 2. The molecule has 2 aromatic carbocycles. The van der Waals surface area contributed by atoms with Crippen LogP contribution in [0.1, 0.15) is 12.3 Å². The van der Waals surface area contributed by atoms with Gasteiger partial charge in [0.2, 0.25) is 23.5 Å². The number of aromatic nitrogens is 2. The van der Waals surface area contributed by atoms with Gasteiger partial charge in [0.15, 0.2) is 0 Å². The van der Waals surface area contributed by atoms with E-state index in [1.807, 2.05) is 12.1 Å². The molecule has 0 saturated carbocycles. The Kier molecular flexibility index (Phi) is 7.51. The SMILES string of the molecule is O=C(CCc1nc(-c2ccc(Cl)cc2)no1)NNC(=O)CSc1ccc(Cl)cc1. The van der Waals surface area contributed by atoms with Crippen molar-refractivity contribution in [1.29, 1.82) is 0 Å². The van der Waals surface area contributed by atoms with Gasteiger partial charge in [-0.2, -0.15) is 4.98 Å². The van der Waals surface area contributed by atoms with Crippen molar-refractivity contribution < 1.29 is 14.1 Å². The van der Waals surface area contributed by atoms with E-state index in [9.17, 15) is 9.59 Å². The number of hydrogen-bond acceptors (Lipinski definition) is 6. The first-order valence-corrected chi connectivity index (χ1v) is 10.3. The molecule has 7 nitrogen and oxygen atoms in total. The normalized spacial score (nSPS) is 10.6. The van der Waals surface area contributed by atoms with E-state index in [2.05, 4.69) is 21.0 Å². The van der Waals surface area contributed by atoms with Crippen LogP contribution < -0.4 is 10.9 Å². The summed E-state index contributed by atoms with van der Waals surface area (Å²) in [6.45, 7) is 0. The van der Waals surface area contributed by atoms with Crippen LogP contribution in [0.15, 0.2) is 57.9 Å². The number of nitrogens with zero attached hydrogens (tertiary/aromatic N) is 2. The van der Waals surface area contributed by atoms with Gasteiger partial charge in [0.1, 0.15) is 0 Å². The summed E-state index contributed by atoms with van der Waals surface area (Å²) in [5.41, 5.74) is 5.50. The van der Waals surface area contributed by atoms with Gasteiger partial charge >= 0.3 is 0 Å². The molecule has 10 heteroatoms. The number of thioether (sulfide) groups is 1. The average Bonchev–Trinajstić information content (AvgIpc) is 3.20. The van der Waals surface area contributed by atoms with E-state index < -0.39 is 0 Å². The smallest absolute Gasteiger partial charge is 0.248 e. The predicted molar refractivity (Wildman–Crippen MR) is 112 cm³/mol. The summed E-state index contributed by atoms with van der Waals surface area (Å²) >= 11 is 13.0. The van der Waals surface area contributed by atoms with Crippen LogP contribution in [0, 0.1) is 0 Å². The molecule has 1 heterocycles. The maximum atomic E-state index is 11.9. The van der Waals surface area contributed by atoms with Crippen molar-refractivity contribution >= 4 is 46.8 Å². The highest BCUT2D eigenvalue weighted by molar-refractivity contribution is 8.00. The Morgan fingerprint density at radius 2 is 1.55 bits per heavy atom. The highest BCUT2D eigenvalue weighted by atomic mass is 35.5. The lowest BCUT2D eigenvalue weighted by Gasteiger charge is -2.06. The van der Waals surface area contributed by atoms with Crippen molar-refractivity contribution in [3.05, 3.63) is 64.5 Å². The predicted octanol–water partition coefficient (Wildman–Crippen LogP) is 3.92. The van der Waals surface area contributed by atoms with Crippen LogP contribution in [0.4, 0.5) is 0 Å². The zero-order valence-corrected chi connectivity index (χ0v) is 17.4. The highest BCUT2D eigenvalue weighted by Crippen LogP contribution is 2.20. The van der Waals surface area contributed by atoms with Gasteiger partial charge < -0.3 is 4.52 Å². The number of rotatable bonds is 7. The second-order valence-corrected chi connectivity index (χ2v) is 7.78. The van der Waals surface area contributed by atoms with E-state index in [0.717, 1.165) is 10.5 Å². The summed E-state index contributed by atoms with van der Waals surface area (Å²) in [7, 11) is 0. The highest BCUT2D eigenvalue weighted by Gasteiger charge is 2.11. The van der Waals surface area contributed by atoms with Crippen LogP contribution in [0.5, 0.6) is 0 Å². The molecule has 0 atom stereocenters. The van der Waals surface area contributed by atoms with Crippen LogP contribution in [0.25, 0.3) is 11.4 Å². The van der Waals surface area contributed by atoms with Crippen molar-refractivity contribution in [2.75, 3.05) is 5.75 Å². The molecular weight excluding hydrogens is 435 g/mol. The molecule has 3 aromatic rings. The molecule has 0 fully saturated rings. The van der Waals surface area contributed by atoms with Gasteiger partial charge in [-0.25, -0.2) is 0 Å². The van der Waals surface area contributed by atoms with Gasteiger partial charge in [-0.05, 0) is 48.5 Å². The monoisotopic (exact) mass is 450 g/mol. The number of carbonyl (C=O) groups is 2. The summed E-state index contributed by atoms with van der Waals surface area (Å²) in [4.78, 5) is 28.9. The third-order valence-electron chi connectivity index (χ3n) is 3.66. The molecular formula is C19H16Cl2N4O3S. The number of benzene rings is 2. The van der Waals surface area contributed by atoms with E-state index in [4.69, 9.17) is 27.7 Å². The first-order valence-electron chi connectivity index (χ1n) is 8.54. The van der Waals surface area contributed by atoms with Gasteiger partial charge in [-0.15, -0.1) is 11.8 Å². The van der Waals surface area contributed by atoms with Crippen molar-refractivity contribution in [3.63, 3.8) is 0 Å². The lowest BCUT2D eigenvalue weighted by molar-refractivity contribution is -0.127. The zero-order valence-electron chi connectivity index (χ0n) is 15.0. The molecule has 0 bridgehead atoms. The number of hydrogen-bond donors (Lipinski definition) is 2. The van der Waals surface area contributed by atoms with E-state index >= 15 is 0 Å². The summed E-state index contributed by atoms with van der Waals surface area (Å²) < 4.78 is 5.15. The van der Waals surface area contributed by atoms with E-state index in [1.165, 1.54) is 11.8 Å². The fraction of sp³-hybridized carbons (Fsp3) is 0.158. The number of nitrogens with one attached hydrogen (secondary N) is 2. The minimum atomic E-state index is -0.360. The van der Waals surface area contributed by atoms with Gasteiger partial charge in [-0.3, -0.25) is 20.4 Å². The van der Waals surface area contributed by atoms with Crippen LogP contribution in [-0.4, -0.2) is 27.7 Å². The summed E-state index contributed by atoms with van der Waals surface area (Å²) in [6.07, 6.45) is 0.342. The fourth-order valence-electron chi connectivity index (χ4n) is 2.21. The Morgan fingerprint density at radius 3 is 2.24 bits per heavy atom. The van der Waals surface area contributed by atoms with Gasteiger partial charge in [0, 0.05) is 33.3 Å². The first kappa shape index (κ1) is 21.2. The van der Waals surface area contributed by atoms with Crippen molar-refractivity contribution in [3.8, 4) is 11.4 Å². The lowest BCUT2D eigenvalue weighted by atomic mass is 10.2. The maximum absolute atomic E-state index is 11.9. The maximum Gasteiger partial charge on any atom is 0.248 e. The van der Waals surface area contributed by atoms with E-state index in [0.29, 0.717) is 21.8 Å². The zero-order chi connectivity index (χ0) is 20.6. The number of amides is 2. The quantitative estimate of drug-likeness (QED) is 0.418. The molecule has 0 saturated heterocycles. The largest absolute Gasteiger partial charge is 0.339 e. The Hall–Kier alpha value is -2.55. The number of hydrazine groups is 1. The topological polar surface area (TPSA) is 97.1 Å². The summed E-state index contributed by atoms with van der Waals surface area (Å²) in [5, 5.41) is 5.13. The molecule has 0 aliphatic rings. The van der Waals surface area contributed by atoms with Gasteiger partial charge in [0.25, 0.3) is 0 Å². The second kappa shape index (κ2) is 10.3. The molecule has 0 aliphatic heterocycles.